The Kier molecular flexibility index (Phi) is 5.61. The predicted molar refractivity (Wildman–Crippen MR) is 79.0 cm³/mol. The number of alkyl halides is 1. The topological polar surface area (TPSA) is 55.7 Å². The fourth-order valence-electron chi connectivity index (χ4n) is 2.35. The van der Waals surface area contributed by atoms with Crippen LogP contribution in [0.25, 0.3) is 0 Å². The molecule has 1 fully saturated rings. The van der Waals surface area contributed by atoms with Crippen LogP contribution in [0.15, 0.2) is 12.1 Å². The van der Waals surface area contributed by atoms with Crippen molar-refractivity contribution >= 4 is 23.0 Å². The number of halogens is 3. The van der Waals surface area contributed by atoms with E-state index in [1.807, 2.05) is 0 Å². The second-order valence-electron chi connectivity index (χ2n) is 5.20. The van der Waals surface area contributed by atoms with E-state index in [-0.39, 0.29) is 23.8 Å². The monoisotopic (exact) mass is 320 g/mol. The van der Waals surface area contributed by atoms with Gasteiger partial charge in [0.15, 0.2) is 11.6 Å². The zero-order valence-electron chi connectivity index (χ0n) is 11.5. The fourth-order valence-corrected chi connectivity index (χ4v) is 2.46. The van der Waals surface area contributed by atoms with Crippen LogP contribution in [0.5, 0.6) is 0 Å². The third-order valence-electron chi connectivity index (χ3n) is 3.52. The lowest BCUT2D eigenvalue weighted by molar-refractivity contribution is 0.145. The fraction of sp³-hybridized carbons (Fsp3) is 0.571. The van der Waals surface area contributed by atoms with Gasteiger partial charge in [-0.15, -0.1) is 11.6 Å². The van der Waals surface area contributed by atoms with Crippen LogP contribution in [0, 0.1) is 11.6 Å². The molecule has 1 saturated heterocycles. The third-order valence-corrected chi connectivity index (χ3v) is 3.87. The van der Waals surface area contributed by atoms with Gasteiger partial charge in [0, 0.05) is 25.3 Å². The van der Waals surface area contributed by atoms with Crippen LogP contribution in [-0.2, 0) is 0 Å². The van der Waals surface area contributed by atoms with Crippen molar-refractivity contribution < 1.29 is 19.0 Å². The van der Waals surface area contributed by atoms with E-state index >= 15 is 0 Å². The summed E-state index contributed by atoms with van der Waals surface area (Å²) in [4.78, 5) is 1.61. The second kappa shape index (κ2) is 7.24. The normalized spacial score (nSPS) is 17.9. The highest BCUT2D eigenvalue weighted by Gasteiger charge is 2.23. The van der Waals surface area contributed by atoms with Crippen LogP contribution in [0.1, 0.15) is 12.8 Å². The van der Waals surface area contributed by atoms with Gasteiger partial charge in [-0.3, -0.25) is 0 Å². The number of anilines is 2. The molecule has 1 unspecified atom stereocenters. The zero-order valence-corrected chi connectivity index (χ0v) is 12.3. The summed E-state index contributed by atoms with van der Waals surface area (Å²) >= 11 is 5.45. The Morgan fingerprint density at radius 3 is 2.38 bits per heavy atom. The number of aliphatic hydroxyl groups excluding tert-OH is 2. The summed E-state index contributed by atoms with van der Waals surface area (Å²) in [6.07, 6.45) is -0.173. The molecule has 3 N–H and O–H groups in total. The Morgan fingerprint density at radius 2 is 1.86 bits per heavy atom. The lowest BCUT2D eigenvalue weighted by Crippen LogP contribution is -2.36. The standard InChI is InChI=1S/C14H19ClF2N2O2/c15-7-11(21)8-18-9-5-12(16)14(13(17)6-9)19-3-1-10(20)2-4-19/h5-6,10-11,18,20-21H,1-4,7-8H2. The molecule has 1 aliphatic heterocycles. The Labute approximate surface area is 127 Å². The first kappa shape index (κ1) is 16.3. The molecule has 0 amide bonds. The summed E-state index contributed by atoms with van der Waals surface area (Å²) < 4.78 is 28.3. The molecule has 4 nitrogen and oxygen atoms in total. The molecular weight excluding hydrogens is 302 g/mol. The van der Waals surface area contributed by atoms with E-state index in [2.05, 4.69) is 5.32 Å². The first-order valence-electron chi connectivity index (χ1n) is 6.91. The molecule has 0 aromatic heterocycles. The smallest absolute Gasteiger partial charge is 0.151 e. The summed E-state index contributed by atoms with van der Waals surface area (Å²) in [6.45, 7) is 0.969. The van der Waals surface area contributed by atoms with Crippen molar-refractivity contribution in [1.29, 1.82) is 0 Å². The number of nitrogens with one attached hydrogen (secondary N) is 1. The quantitative estimate of drug-likeness (QED) is 0.726. The van der Waals surface area contributed by atoms with E-state index in [1.54, 1.807) is 4.90 Å². The van der Waals surface area contributed by atoms with Gasteiger partial charge in [0.05, 0.1) is 18.1 Å². The van der Waals surface area contributed by atoms with E-state index in [9.17, 15) is 19.0 Å². The number of benzene rings is 1. The highest BCUT2D eigenvalue weighted by atomic mass is 35.5. The van der Waals surface area contributed by atoms with Gasteiger partial charge in [0.2, 0.25) is 0 Å². The third kappa shape index (κ3) is 4.18. The molecule has 1 aliphatic rings. The minimum absolute atomic E-state index is 0.0478. The molecule has 0 saturated carbocycles. The van der Waals surface area contributed by atoms with Crippen molar-refractivity contribution in [2.45, 2.75) is 25.0 Å². The minimum Gasteiger partial charge on any atom is -0.393 e. The summed E-state index contributed by atoms with van der Waals surface area (Å²) in [5.41, 5.74) is 0.195. The predicted octanol–water partition coefficient (Wildman–Crippen LogP) is 1.94. The van der Waals surface area contributed by atoms with Crippen molar-refractivity contribution in [1.82, 2.24) is 0 Å². The van der Waals surface area contributed by atoms with Gasteiger partial charge in [-0.1, -0.05) is 0 Å². The molecule has 21 heavy (non-hydrogen) atoms. The van der Waals surface area contributed by atoms with Crippen molar-refractivity contribution in [2.24, 2.45) is 0 Å². The van der Waals surface area contributed by atoms with Gasteiger partial charge in [0.25, 0.3) is 0 Å². The number of hydrogen-bond acceptors (Lipinski definition) is 4. The minimum atomic E-state index is -0.777. The maximum atomic E-state index is 14.1. The lowest BCUT2D eigenvalue weighted by atomic mass is 10.1. The molecule has 1 atom stereocenters. The maximum Gasteiger partial charge on any atom is 0.151 e. The van der Waals surface area contributed by atoms with Gasteiger partial charge in [0.1, 0.15) is 5.69 Å². The van der Waals surface area contributed by atoms with Crippen molar-refractivity contribution in [3.63, 3.8) is 0 Å². The van der Waals surface area contributed by atoms with Crippen LogP contribution in [-0.4, -0.2) is 47.9 Å². The zero-order chi connectivity index (χ0) is 15.4. The average Bonchev–Trinajstić information content (AvgIpc) is 2.46. The number of rotatable bonds is 5. The molecule has 1 aromatic carbocycles. The molecule has 0 bridgehead atoms. The molecule has 0 radical (unpaired) electrons. The van der Waals surface area contributed by atoms with Crippen molar-refractivity contribution in [3.05, 3.63) is 23.8 Å². The van der Waals surface area contributed by atoms with Crippen molar-refractivity contribution in [2.75, 3.05) is 35.7 Å². The largest absolute Gasteiger partial charge is 0.393 e. The van der Waals surface area contributed by atoms with Crippen LogP contribution < -0.4 is 10.2 Å². The first-order chi connectivity index (χ1) is 10.0. The molecule has 2 rings (SSSR count). The highest BCUT2D eigenvalue weighted by Crippen LogP contribution is 2.29. The van der Waals surface area contributed by atoms with Gasteiger partial charge >= 0.3 is 0 Å². The Balaban J connectivity index is 2.10. The lowest BCUT2D eigenvalue weighted by Gasteiger charge is -2.32. The van der Waals surface area contributed by atoms with Crippen LogP contribution in [0.2, 0.25) is 0 Å². The molecule has 0 aliphatic carbocycles. The number of aliphatic hydroxyl groups is 2. The van der Waals surface area contributed by atoms with Gasteiger partial charge in [-0.05, 0) is 25.0 Å². The highest BCUT2D eigenvalue weighted by molar-refractivity contribution is 6.18. The molecule has 1 heterocycles. The maximum absolute atomic E-state index is 14.1. The van der Waals surface area contributed by atoms with E-state index < -0.39 is 23.8 Å². The molecular formula is C14H19ClF2N2O2. The number of hydrogen-bond donors (Lipinski definition) is 3. The van der Waals surface area contributed by atoms with Crippen molar-refractivity contribution in [3.8, 4) is 0 Å². The van der Waals surface area contributed by atoms with Gasteiger partial charge < -0.3 is 20.4 Å². The van der Waals surface area contributed by atoms with Crippen LogP contribution in [0.3, 0.4) is 0 Å². The van der Waals surface area contributed by atoms with E-state index in [0.29, 0.717) is 25.9 Å². The number of piperidine rings is 1. The second-order valence-corrected chi connectivity index (χ2v) is 5.50. The Bertz CT molecular complexity index is 459. The van der Waals surface area contributed by atoms with E-state index in [1.165, 1.54) is 12.1 Å². The average molecular weight is 321 g/mol. The van der Waals surface area contributed by atoms with Gasteiger partial charge in [-0.25, -0.2) is 8.78 Å². The van der Waals surface area contributed by atoms with Gasteiger partial charge in [-0.2, -0.15) is 0 Å². The molecule has 118 valence electrons. The molecule has 0 spiro atoms. The molecule has 7 heteroatoms. The van der Waals surface area contributed by atoms with E-state index in [4.69, 9.17) is 11.6 Å². The Morgan fingerprint density at radius 1 is 1.29 bits per heavy atom. The van der Waals surface area contributed by atoms with Crippen LogP contribution >= 0.6 is 11.6 Å². The summed E-state index contributed by atoms with van der Waals surface area (Å²) in [5.74, 6) is -1.27. The summed E-state index contributed by atoms with van der Waals surface area (Å²) in [7, 11) is 0. The summed E-state index contributed by atoms with van der Waals surface area (Å²) in [6, 6.07) is 2.40. The first-order valence-corrected chi connectivity index (χ1v) is 7.44. The SMILES string of the molecule is OC1CCN(c2c(F)cc(NCC(O)CCl)cc2F)CC1. The Hall–Kier alpha value is -1.11. The molecule has 1 aromatic rings. The summed E-state index contributed by atoms with van der Waals surface area (Å²) in [5, 5.41) is 21.5. The van der Waals surface area contributed by atoms with E-state index in [0.717, 1.165) is 0 Å². The van der Waals surface area contributed by atoms with Crippen LogP contribution in [0.4, 0.5) is 20.2 Å². The number of nitrogens with zero attached hydrogens (tertiary/aromatic N) is 1.